The van der Waals surface area contributed by atoms with Gasteiger partial charge >= 0.3 is 0 Å². The molecule has 0 unspecified atom stereocenters. The van der Waals surface area contributed by atoms with Gasteiger partial charge in [0.1, 0.15) is 5.01 Å². The first-order valence-corrected chi connectivity index (χ1v) is 9.03. The number of nitrogens with zero attached hydrogens (tertiary/aromatic N) is 2. The molecular formula is C16H27N3OS. The van der Waals surface area contributed by atoms with Crippen LogP contribution in [0, 0.1) is 5.92 Å². The van der Waals surface area contributed by atoms with E-state index in [1.165, 1.54) is 28.4 Å². The van der Waals surface area contributed by atoms with Crippen LogP contribution in [0.4, 0.5) is 0 Å². The lowest BCUT2D eigenvalue weighted by atomic mass is 10.2. The Kier molecular flexibility index (Phi) is 5.27. The topological polar surface area (TPSA) is 37.4 Å². The number of thiazole rings is 1. The molecule has 3 rings (SSSR count). The van der Waals surface area contributed by atoms with E-state index in [2.05, 4.69) is 24.1 Å². The number of aromatic nitrogens is 1. The Hall–Kier alpha value is -0.490. The van der Waals surface area contributed by atoms with Gasteiger partial charge in [0, 0.05) is 30.4 Å². The molecule has 0 aromatic carbocycles. The van der Waals surface area contributed by atoms with E-state index < -0.39 is 0 Å². The van der Waals surface area contributed by atoms with Gasteiger partial charge in [0.2, 0.25) is 0 Å². The summed E-state index contributed by atoms with van der Waals surface area (Å²) >= 11 is 1.92. The summed E-state index contributed by atoms with van der Waals surface area (Å²) in [5.74, 6) is 1.45. The van der Waals surface area contributed by atoms with Crippen molar-refractivity contribution >= 4 is 11.3 Å². The lowest BCUT2D eigenvalue weighted by Gasteiger charge is -2.25. The summed E-state index contributed by atoms with van der Waals surface area (Å²) in [6, 6.07) is 0. The molecule has 0 bridgehead atoms. The quantitative estimate of drug-likeness (QED) is 0.840. The molecule has 2 aliphatic rings. The fraction of sp³-hybridized carbons (Fsp3) is 0.812. The minimum absolute atomic E-state index is 0.704. The number of hydrogen-bond donors (Lipinski definition) is 1. The van der Waals surface area contributed by atoms with E-state index in [0.717, 1.165) is 51.9 Å². The Balaban J connectivity index is 1.61. The number of ether oxygens (including phenoxy) is 1. The summed E-state index contributed by atoms with van der Waals surface area (Å²) in [7, 11) is 0. The zero-order valence-electron chi connectivity index (χ0n) is 13.2. The van der Waals surface area contributed by atoms with Crippen molar-refractivity contribution in [2.45, 2.75) is 45.7 Å². The maximum absolute atomic E-state index is 5.42. The van der Waals surface area contributed by atoms with Gasteiger partial charge in [-0.15, -0.1) is 11.3 Å². The molecule has 1 N–H and O–H groups in total. The standard InChI is InChI=1S/C16H27N3OS/c1-12(2)9-17-10-14-16(13-3-4-13)18-15(21-14)11-19-5-7-20-8-6-19/h12-13,17H,3-11H2,1-2H3. The molecule has 21 heavy (non-hydrogen) atoms. The second kappa shape index (κ2) is 7.18. The molecule has 118 valence electrons. The summed E-state index contributed by atoms with van der Waals surface area (Å²) in [6.07, 6.45) is 2.66. The SMILES string of the molecule is CC(C)CNCc1sc(CN2CCOCC2)nc1C1CC1. The number of morpholine rings is 1. The van der Waals surface area contributed by atoms with Crippen LogP contribution >= 0.6 is 11.3 Å². The normalized spacial score (nSPS) is 20.3. The van der Waals surface area contributed by atoms with Crippen molar-refractivity contribution in [1.29, 1.82) is 0 Å². The van der Waals surface area contributed by atoms with E-state index in [9.17, 15) is 0 Å². The second-order valence-corrected chi connectivity index (χ2v) is 7.77. The van der Waals surface area contributed by atoms with Crippen LogP contribution in [0.25, 0.3) is 0 Å². The van der Waals surface area contributed by atoms with Crippen molar-refractivity contribution in [2.75, 3.05) is 32.8 Å². The van der Waals surface area contributed by atoms with Gasteiger partial charge in [-0.2, -0.15) is 0 Å². The van der Waals surface area contributed by atoms with Crippen molar-refractivity contribution < 1.29 is 4.74 Å². The zero-order chi connectivity index (χ0) is 14.7. The molecule has 0 atom stereocenters. The minimum atomic E-state index is 0.704. The van der Waals surface area contributed by atoms with Crippen molar-refractivity contribution in [1.82, 2.24) is 15.2 Å². The summed E-state index contributed by atoms with van der Waals surface area (Å²) < 4.78 is 5.42. The molecule has 0 spiro atoms. The summed E-state index contributed by atoms with van der Waals surface area (Å²) in [5, 5.41) is 4.87. The average Bonchev–Trinajstić information content (AvgIpc) is 3.23. The zero-order valence-corrected chi connectivity index (χ0v) is 14.0. The molecule has 5 heteroatoms. The Morgan fingerprint density at radius 3 is 2.76 bits per heavy atom. The van der Waals surface area contributed by atoms with E-state index in [4.69, 9.17) is 9.72 Å². The summed E-state index contributed by atoms with van der Waals surface area (Å²) in [5.41, 5.74) is 1.39. The third-order valence-electron chi connectivity index (χ3n) is 4.04. The molecule has 1 aliphatic heterocycles. The van der Waals surface area contributed by atoms with E-state index in [1.54, 1.807) is 0 Å². The maximum atomic E-state index is 5.42. The molecule has 2 heterocycles. The summed E-state index contributed by atoms with van der Waals surface area (Å²) in [4.78, 5) is 8.90. The van der Waals surface area contributed by atoms with Gasteiger partial charge in [0.15, 0.2) is 0 Å². The number of rotatable bonds is 7. The van der Waals surface area contributed by atoms with E-state index in [1.807, 2.05) is 11.3 Å². The third-order valence-corrected chi connectivity index (χ3v) is 5.09. The number of nitrogens with one attached hydrogen (secondary N) is 1. The highest BCUT2D eigenvalue weighted by Gasteiger charge is 2.29. The summed E-state index contributed by atoms with van der Waals surface area (Å²) in [6.45, 7) is 11.4. The van der Waals surface area contributed by atoms with E-state index in [-0.39, 0.29) is 0 Å². The third kappa shape index (κ3) is 4.49. The van der Waals surface area contributed by atoms with Gasteiger partial charge in [-0.1, -0.05) is 13.8 Å². The molecule has 1 saturated heterocycles. The predicted molar refractivity (Wildman–Crippen MR) is 86.7 cm³/mol. The maximum Gasteiger partial charge on any atom is 0.107 e. The lowest BCUT2D eigenvalue weighted by Crippen LogP contribution is -2.35. The van der Waals surface area contributed by atoms with Crippen LogP contribution < -0.4 is 5.32 Å². The Morgan fingerprint density at radius 2 is 2.10 bits per heavy atom. The molecule has 1 aromatic heterocycles. The first-order valence-electron chi connectivity index (χ1n) is 8.21. The van der Waals surface area contributed by atoms with Crippen LogP contribution in [0.15, 0.2) is 0 Å². The molecule has 1 saturated carbocycles. The number of hydrogen-bond acceptors (Lipinski definition) is 5. The highest BCUT2D eigenvalue weighted by Crippen LogP contribution is 2.42. The first-order chi connectivity index (χ1) is 10.2. The van der Waals surface area contributed by atoms with Crippen molar-refractivity contribution in [3.05, 3.63) is 15.6 Å². The average molecular weight is 309 g/mol. The monoisotopic (exact) mass is 309 g/mol. The largest absolute Gasteiger partial charge is 0.379 e. The van der Waals surface area contributed by atoms with Gasteiger partial charge in [-0.3, -0.25) is 4.90 Å². The molecular weight excluding hydrogens is 282 g/mol. The van der Waals surface area contributed by atoms with Crippen LogP contribution in [0.5, 0.6) is 0 Å². The van der Waals surface area contributed by atoms with E-state index >= 15 is 0 Å². The minimum Gasteiger partial charge on any atom is -0.379 e. The van der Waals surface area contributed by atoms with Crippen molar-refractivity contribution in [2.24, 2.45) is 5.92 Å². The molecule has 4 nitrogen and oxygen atoms in total. The predicted octanol–water partition coefficient (Wildman–Crippen LogP) is 2.60. The van der Waals surface area contributed by atoms with Crippen LogP contribution in [0.2, 0.25) is 0 Å². The van der Waals surface area contributed by atoms with Gasteiger partial charge < -0.3 is 10.1 Å². The molecule has 0 radical (unpaired) electrons. The smallest absolute Gasteiger partial charge is 0.107 e. The van der Waals surface area contributed by atoms with Gasteiger partial charge in [-0.25, -0.2) is 4.98 Å². The van der Waals surface area contributed by atoms with Crippen LogP contribution in [-0.2, 0) is 17.8 Å². The van der Waals surface area contributed by atoms with Gasteiger partial charge in [0.25, 0.3) is 0 Å². The molecule has 2 fully saturated rings. The molecule has 1 aliphatic carbocycles. The highest BCUT2D eigenvalue weighted by atomic mass is 32.1. The Bertz CT molecular complexity index is 450. The Morgan fingerprint density at radius 1 is 1.33 bits per heavy atom. The van der Waals surface area contributed by atoms with Crippen molar-refractivity contribution in [3.63, 3.8) is 0 Å². The second-order valence-electron chi connectivity index (χ2n) is 6.60. The van der Waals surface area contributed by atoms with Crippen LogP contribution in [0.1, 0.15) is 48.2 Å². The van der Waals surface area contributed by atoms with Crippen LogP contribution in [0.3, 0.4) is 0 Å². The van der Waals surface area contributed by atoms with Crippen LogP contribution in [-0.4, -0.2) is 42.7 Å². The van der Waals surface area contributed by atoms with E-state index in [0.29, 0.717) is 5.92 Å². The lowest BCUT2D eigenvalue weighted by molar-refractivity contribution is 0.0341. The van der Waals surface area contributed by atoms with Crippen molar-refractivity contribution in [3.8, 4) is 0 Å². The fourth-order valence-electron chi connectivity index (χ4n) is 2.71. The fourth-order valence-corrected chi connectivity index (χ4v) is 3.88. The molecule has 0 amide bonds. The Labute approximate surface area is 131 Å². The molecule has 1 aromatic rings. The first kappa shape index (κ1) is 15.4. The van der Waals surface area contributed by atoms with Gasteiger partial charge in [0.05, 0.1) is 25.5 Å². The van der Waals surface area contributed by atoms with Gasteiger partial charge in [-0.05, 0) is 25.3 Å². The highest BCUT2D eigenvalue weighted by molar-refractivity contribution is 7.11.